The van der Waals surface area contributed by atoms with Crippen molar-refractivity contribution in [3.05, 3.63) is 48.0 Å². The molecule has 1 saturated heterocycles. The summed E-state index contributed by atoms with van der Waals surface area (Å²) in [7, 11) is 1.59. The van der Waals surface area contributed by atoms with Crippen LogP contribution in [0.15, 0.2) is 36.8 Å². The van der Waals surface area contributed by atoms with Gasteiger partial charge in [0.05, 0.1) is 25.7 Å². The molecule has 11 nitrogen and oxygen atoms in total. The predicted molar refractivity (Wildman–Crippen MR) is 127 cm³/mol. The fraction of sp³-hybridized carbons (Fsp3) is 0.500. The topological polar surface area (TPSA) is 135 Å². The average molecular weight is 488 g/mol. The van der Waals surface area contributed by atoms with Crippen molar-refractivity contribution in [2.45, 2.75) is 44.8 Å². The molecule has 1 aliphatic heterocycles. The number of aromatic amines is 1. The van der Waals surface area contributed by atoms with Gasteiger partial charge in [0.25, 0.3) is 0 Å². The number of amides is 3. The second kappa shape index (κ2) is 13.2. The third-order valence-electron chi connectivity index (χ3n) is 5.70. The highest BCUT2D eigenvalue weighted by atomic mass is 16.7. The second-order valence-electron chi connectivity index (χ2n) is 8.14. The zero-order valence-electron chi connectivity index (χ0n) is 20.1. The Balaban J connectivity index is 1.58. The number of hydrogen-bond acceptors (Lipinski definition) is 7. The zero-order valence-corrected chi connectivity index (χ0v) is 20.1. The third-order valence-corrected chi connectivity index (χ3v) is 5.70. The molecule has 1 fully saturated rings. The fourth-order valence-electron chi connectivity index (χ4n) is 3.84. The van der Waals surface area contributed by atoms with Crippen LogP contribution in [-0.4, -0.2) is 78.5 Å². The molecule has 0 radical (unpaired) electrons. The number of methoxy groups -OCH3 is 1. The molecule has 3 amide bonds. The van der Waals surface area contributed by atoms with Gasteiger partial charge in [0.1, 0.15) is 17.9 Å². The first-order valence-corrected chi connectivity index (χ1v) is 11.8. The summed E-state index contributed by atoms with van der Waals surface area (Å²) in [5, 5.41) is 5.61. The molecule has 2 aromatic rings. The van der Waals surface area contributed by atoms with E-state index in [0.717, 1.165) is 11.3 Å². The Labute approximate surface area is 204 Å². The van der Waals surface area contributed by atoms with Gasteiger partial charge in [0.2, 0.25) is 5.91 Å². The molecule has 1 aromatic carbocycles. The van der Waals surface area contributed by atoms with Crippen molar-refractivity contribution in [3.8, 4) is 5.75 Å². The molecular weight excluding hydrogens is 454 g/mol. The molecule has 3 N–H and O–H groups in total. The van der Waals surface area contributed by atoms with E-state index < -0.39 is 18.2 Å². The lowest BCUT2D eigenvalue weighted by Crippen LogP contribution is -2.54. The van der Waals surface area contributed by atoms with Crippen LogP contribution in [0.1, 0.15) is 31.0 Å². The maximum Gasteiger partial charge on any atom is 0.508 e. The van der Waals surface area contributed by atoms with Crippen LogP contribution in [0.25, 0.3) is 0 Å². The highest BCUT2D eigenvalue weighted by Crippen LogP contribution is 2.18. The number of ether oxygens (including phenoxy) is 3. The van der Waals surface area contributed by atoms with Crippen molar-refractivity contribution >= 4 is 18.1 Å². The number of aromatic nitrogens is 2. The number of nitrogens with one attached hydrogen (secondary N) is 3. The number of benzene rings is 1. The van der Waals surface area contributed by atoms with Gasteiger partial charge in [-0.2, -0.15) is 0 Å². The number of piperidine rings is 1. The van der Waals surface area contributed by atoms with Gasteiger partial charge in [0, 0.05) is 51.5 Å². The number of carbonyl (C=O) groups excluding carboxylic acids is 3. The molecule has 11 heteroatoms. The van der Waals surface area contributed by atoms with Crippen LogP contribution >= 0.6 is 0 Å². The van der Waals surface area contributed by atoms with Crippen molar-refractivity contribution in [1.29, 1.82) is 0 Å². The highest BCUT2D eigenvalue weighted by molar-refractivity contribution is 5.87. The summed E-state index contributed by atoms with van der Waals surface area (Å²) in [6.07, 6.45) is 4.28. The summed E-state index contributed by atoms with van der Waals surface area (Å²) in [5.41, 5.74) is 1.73. The Bertz CT molecular complexity index is 942. The van der Waals surface area contributed by atoms with E-state index >= 15 is 0 Å². The maximum atomic E-state index is 13.4. The largest absolute Gasteiger partial charge is 0.508 e. The fourth-order valence-corrected chi connectivity index (χ4v) is 3.84. The summed E-state index contributed by atoms with van der Waals surface area (Å²) in [4.78, 5) is 46.2. The van der Waals surface area contributed by atoms with Crippen LogP contribution in [0.5, 0.6) is 5.75 Å². The molecule has 3 rings (SSSR count). The van der Waals surface area contributed by atoms with E-state index in [1.165, 1.54) is 0 Å². The summed E-state index contributed by atoms with van der Waals surface area (Å²) in [6, 6.07) is 6.20. The van der Waals surface area contributed by atoms with Gasteiger partial charge in [0.15, 0.2) is 0 Å². The Morgan fingerprint density at radius 2 is 1.94 bits per heavy atom. The second-order valence-corrected chi connectivity index (χ2v) is 8.14. The third kappa shape index (κ3) is 8.20. The first kappa shape index (κ1) is 25.9. The molecule has 2 heterocycles. The lowest BCUT2D eigenvalue weighted by Gasteiger charge is -2.34. The number of carbonyl (C=O) groups is 3. The van der Waals surface area contributed by atoms with E-state index in [0.29, 0.717) is 51.1 Å². The number of H-pyrrole nitrogens is 1. The molecule has 0 spiro atoms. The molecule has 35 heavy (non-hydrogen) atoms. The highest BCUT2D eigenvalue weighted by Gasteiger charge is 2.31. The van der Waals surface area contributed by atoms with Crippen LogP contribution in [-0.2, 0) is 27.1 Å². The summed E-state index contributed by atoms with van der Waals surface area (Å²) >= 11 is 0. The molecule has 1 atom stereocenters. The normalized spacial score (nSPS) is 14.6. The Morgan fingerprint density at radius 3 is 2.57 bits per heavy atom. The SMILES string of the molecule is CCOC(=O)OC1CCN(C(=O)C(Cc2ccc(OC)cc2)NC(=O)NCCc2c[nH]cn2)CC1. The molecule has 1 unspecified atom stereocenters. The number of hydrogen-bond donors (Lipinski definition) is 3. The van der Waals surface area contributed by atoms with Gasteiger partial charge in [-0.3, -0.25) is 4.79 Å². The summed E-state index contributed by atoms with van der Waals surface area (Å²) in [5.74, 6) is 0.530. The minimum Gasteiger partial charge on any atom is -0.497 e. The van der Waals surface area contributed by atoms with Gasteiger partial charge in [-0.1, -0.05) is 12.1 Å². The molecular formula is C24H33N5O6. The zero-order chi connectivity index (χ0) is 25.0. The molecule has 0 saturated carbocycles. The Morgan fingerprint density at radius 1 is 1.20 bits per heavy atom. The lowest BCUT2D eigenvalue weighted by molar-refractivity contribution is -0.135. The summed E-state index contributed by atoms with van der Waals surface area (Å²) in [6.45, 7) is 3.19. The Hall–Kier alpha value is -3.76. The van der Waals surface area contributed by atoms with Crippen LogP contribution in [0.4, 0.5) is 9.59 Å². The number of rotatable bonds is 10. The van der Waals surface area contributed by atoms with Crippen molar-refractivity contribution < 1.29 is 28.6 Å². The van der Waals surface area contributed by atoms with E-state index in [-0.39, 0.29) is 18.6 Å². The molecule has 0 aliphatic carbocycles. The number of likely N-dealkylation sites (tertiary alicyclic amines) is 1. The van der Waals surface area contributed by atoms with Gasteiger partial charge >= 0.3 is 12.2 Å². The van der Waals surface area contributed by atoms with E-state index in [1.54, 1.807) is 31.5 Å². The lowest BCUT2D eigenvalue weighted by atomic mass is 10.0. The standard InChI is InChI=1S/C24H33N5O6/c1-3-34-24(32)35-20-9-12-29(13-10-20)22(30)21(14-17-4-6-19(33-2)7-5-17)28-23(31)26-11-8-18-15-25-16-27-18/h4-7,15-16,20-21H,3,8-14H2,1-2H3,(H,25,27)(H2,26,28,31). The average Bonchev–Trinajstić information content (AvgIpc) is 3.38. The van der Waals surface area contributed by atoms with Crippen LogP contribution in [0.2, 0.25) is 0 Å². The number of nitrogens with zero attached hydrogens (tertiary/aromatic N) is 2. The summed E-state index contributed by atoms with van der Waals surface area (Å²) < 4.78 is 15.3. The molecule has 1 aliphatic rings. The van der Waals surface area contributed by atoms with Crippen LogP contribution < -0.4 is 15.4 Å². The van der Waals surface area contributed by atoms with Gasteiger partial charge in [-0.25, -0.2) is 14.6 Å². The maximum absolute atomic E-state index is 13.4. The van der Waals surface area contributed by atoms with Gasteiger partial charge < -0.3 is 34.7 Å². The van der Waals surface area contributed by atoms with E-state index in [9.17, 15) is 14.4 Å². The van der Waals surface area contributed by atoms with Crippen LogP contribution in [0, 0.1) is 0 Å². The van der Waals surface area contributed by atoms with Crippen molar-refractivity contribution in [2.24, 2.45) is 0 Å². The Kier molecular flexibility index (Phi) is 9.76. The van der Waals surface area contributed by atoms with Gasteiger partial charge in [-0.05, 0) is 24.6 Å². The molecule has 190 valence electrons. The molecule has 1 aromatic heterocycles. The van der Waals surface area contributed by atoms with Crippen molar-refractivity contribution in [3.63, 3.8) is 0 Å². The van der Waals surface area contributed by atoms with Crippen molar-refractivity contribution in [2.75, 3.05) is 33.4 Å². The first-order chi connectivity index (χ1) is 17.0. The molecule has 0 bridgehead atoms. The minimum atomic E-state index is -0.753. The van der Waals surface area contributed by atoms with E-state index in [1.807, 2.05) is 24.3 Å². The van der Waals surface area contributed by atoms with Crippen molar-refractivity contribution in [1.82, 2.24) is 25.5 Å². The smallest absolute Gasteiger partial charge is 0.497 e. The monoisotopic (exact) mass is 487 g/mol. The number of imidazole rings is 1. The number of urea groups is 1. The predicted octanol–water partition coefficient (Wildman–Crippen LogP) is 2.04. The van der Waals surface area contributed by atoms with E-state index in [4.69, 9.17) is 14.2 Å². The first-order valence-electron chi connectivity index (χ1n) is 11.8. The minimum absolute atomic E-state index is 0.183. The van der Waals surface area contributed by atoms with Crippen LogP contribution in [0.3, 0.4) is 0 Å². The van der Waals surface area contributed by atoms with E-state index in [2.05, 4.69) is 20.6 Å². The van der Waals surface area contributed by atoms with Gasteiger partial charge in [-0.15, -0.1) is 0 Å². The quantitative estimate of drug-likeness (QED) is 0.437.